The van der Waals surface area contributed by atoms with E-state index in [1.165, 1.54) is 17.1 Å². The summed E-state index contributed by atoms with van der Waals surface area (Å²) in [6.07, 6.45) is -0.179. The van der Waals surface area contributed by atoms with Crippen molar-refractivity contribution in [2.75, 3.05) is 13.2 Å². The van der Waals surface area contributed by atoms with Gasteiger partial charge in [-0.25, -0.2) is 15.0 Å². The highest BCUT2D eigenvalue weighted by Crippen LogP contribution is 2.18. The third-order valence-corrected chi connectivity index (χ3v) is 4.45. The molecule has 6 nitrogen and oxygen atoms in total. The van der Waals surface area contributed by atoms with Crippen LogP contribution in [0.5, 0.6) is 5.88 Å². The Balaban J connectivity index is 0.00000392. The summed E-state index contributed by atoms with van der Waals surface area (Å²) in [6.45, 7) is 4.17. The molecule has 0 amide bonds. The van der Waals surface area contributed by atoms with E-state index in [2.05, 4.69) is 37.3 Å². The van der Waals surface area contributed by atoms with Crippen LogP contribution in [0.1, 0.15) is 29.3 Å². The highest BCUT2D eigenvalue weighted by Gasteiger charge is 2.28. The highest BCUT2D eigenvalue weighted by molar-refractivity contribution is 14.0. The Hall–Kier alpha value is -1.63. The Morgan fingerprint density at radius 1 is 1.25 bits per heavy atom. The van der Waals surface area contributed by atoms with Crippen LogP contribution in [0.25, 0.3) is 0 Å². The standard InChI is InChI=1S/C17H22F3N5OS.HI/c1-3-13-9-23-15(27-13)10-25-16(21-4-2)24-8-12-5-6-22-14(7-12)26-11-17(18,19)20;/h5-7,9H,3-4,8,10-11H2,1-2H3,(H2,21,24,25);1H. The number of alkyl halides is 3. The molecule has 2 rings (SSSR count). The lowest BCUT2D eigenvalue weighted by atomic mass is 10.3. The molecule has 0 bridgehead atoms. The van der Waals surface area contributed by atoms with Crippen molar-refractivity contribution in [1.82, 2.24) is 20.6 Å². The summed E-state index contributed by atoms with van der Waals surface area (Å²) >= 11 is 1.64. The number of nitrogens with one attached hydrogen (secondary N) is 2. The molecule has 0 atom stereocenters. The lowest BCUT2D eigenvalue weighted by molar-refractivity contribution is -0.154. The van der Waals surface area contributed by atoms with Gasteiger partial charge >= 0.3 is 6.18 Å². The largest absolute Gasteiger partial charge is 0.468 e. The molecule has 156 valence electrons. The second-order valence-electron chi connectivity index (χ2n) is 5.53. The molecule has 0 aliphatic heterocycles. The second kappa shape index (κ2) is 12.0. The molecule has 0 spiro atoms. The molecule has 0 radical (unpaired) electrons. The van der Waals surface area contributed by atoms with Crippen molar-refractivity contribution in [3.8, 4) is 5.88 Å². The van der Waals surface area contributed by atoms with Gasteiger partial charge in [0.15, 0.2) is 12.6 Å². The van der Waals surface area contributed by atoms with Crippen molar-refractivity contribution in [1.29, 1.82) is 0 Å². The summed E-state index contributed by atoms with van der Waals surface area (Å²) in [6, 6.07) is 3.13. The molecule has 0 unspecified atom stereocenters. The number of hydrogen-bond donors (Lipinski definition) is 2. The number of pyridine rings is 1. The summed E-state index contributed by atoms with van der Waals surface area (Å²) < 4.78 is 41.4. The van der Waals surface area contributed by atoms with Gasteiger partial charge in [-0.05, 0) is 25.0 Å². The van der Waals surface area contributed by atoms with Gasteiger partial charge in [0.05, 0.1) is 13.1 Å². The van der Waals surface area contributed by atoms with E-state index in [4.69, 9.17) is 0 Å². The van der Waals surface area contributed by atoms with E-state index < -0.39 is 12.8 Å². The van der Waals surface area contributed by atoms with Crippen LogP contribution >= 0.6 is 35.3 Å². The molecule has 0 saturated carbocycles. The molecule has 2 heterocycles. The average Bonchev–Trinajstić information content (AvgIpc) is 3.10. The highest BCUT2D eigenvalue weighted by atomic mass is 127. The second-order valence-corrected chi connectivity index (χ2v) is 6.73. The van der Waals surface area contributed by atoms with E-state index in [0.717, 1.165) is 11.4 Å². The zero-order chi connectivity index (χ0) is 19.7. The number of ether oxygens (including phenoxy) is 1. The van der Waals surface area contributed by atoms with Gasteiger partial charge < -0.3 is 15.4 Å². The third kappa shape index (κ3) is 9.04. The number of thiazole rings is 1. The fourth-order valence-corrected chi connectivity index (χ4v) is 2.85. The first-order chi connectivity index (χ1) is 12.9. The van der Waals surface area contributed by atoms with Crippen molar-refractivity contribution in [2.24, 2.45) is 4.99 Å². The van der Waals surface area contributed by atoms with Gasteiger partial charge in [-0.1, -0.05) is 6.92 Å². The first-order valence-corrected chi connectivity index (χ1v) is 9.31. The molecular weight excluding hydrogens is 506 g/mol. The van der Waals surface area contributed by atoms with E-state index in [1.807, 2.05) is 13.1 Å². The summed E-state index contributed by atoms with van der Waals surface area (Å²) in [5.74, 6) is 0.521. The molecule has 0 aliphatic carbocycles. The molecule has 11 heteroatoms. The Kier molecular flexibility index (Phi) is 10.5. The van der Waals surface area contributed by atoms with E-state index >= 15 is 0 Å². The molecule has 0 aromatic carbocycles. The maximum atomic E-state index is 12.2. The molecule has 0 saturated heterocycles. The molecule has 0 fully saturated rings. The van der Waals surface area contributed by atoms with Gasteiger partial charge in [0.2, 0.25) is 5.88 Å². The Morgan fingerprint density at radius 3 is 2.68 bits per heavy atom. The first-order valence-electron chi connectivity index (χ1n) is 8.50. The van der Waals surface area contributed by atoms with Crippen LogP contribution in [0, 0.1) is 0 Å². The van der Waals surface area contributed by atoms with Crippen molar-refractivity contribution in [3.05, 3.63) is 40.0 Å². The van der Waals surface area contributed by atoms with Gasteiger partial charge in [0, 0.05) is 29.9 Å². The zero-order valence-corrected chi connectivity index (χ0v) is 18.7. The number of hydrogen-bond acceptors (Lipinski definition) is 5. The van der Waals surface area contributed by atoms with Gasteiger partial charge in [-0.15, -0.1) is 35.3 Å². The van der Waals surface area contributed by atoms with Crippen molar-refractivity contribution >= 4 is 41.3 Å². The monoisotopic (exact) mass is 529 g/mol. The van der Waals surface area contributed by atoms with E-state index in [9.17, 15) is 13.2 Å². The predicted octanol–water partition coefficient (Wildman–Crippen LogP) is 3.91. The fraction of sp³-hybridized carbons (Fsp3) is 0.471. The number of guanidine groups is 1. The SMILES string of the molecule is CCNC(=NCc1ccnc(OCC(F)(F)F)c1)NCc1ncc(CC)s1.I. The minimum absolute atomic E-state index is 0. The van der Waals surface area contributed by atoms with Crippen molar-refractivity contribution in [2.45, 2.75) is 39.5 Å². The molecule has 2 aromatic rings. The number of aliphatic imine (C=N–C) groups is 1. The first kappa shape index (κ1) is 24.4. The summed E-state index contributed by atoms with van der Waals surface area (Å²) in [7, 11) is 0. The Bertz CT molecular complexity index is 754. The van der Waals surface area contributed by atoms with Crippen LogP contribution in [0.15, 0.2) is 29.5 Å². The smallest absolute Gasteiger partial charge is 0.422 e. The number of rotatable bonds is 8. The number of halogens is 4. The number of nitrogens with zero attached hydrogens (tertiary/aromatic N) is 3. The maximum absolute atomic E-state index is 12.2. The van der Waals surface area contributed by atoms with Crippen molar-refractivity contribution in [3.63, 3.8) is 0 Å². The lowest BCUT2D eigenvalue weighted by Gasteiger charge is -2.11. The summed E-state index contributed by atoms with van der Waals surface area (Å²) in [4.78, 5) is 13.8. The van der Waals surface area contributed by atoms with Crippen molar-refractivity contribution < 1.29 is 17.9 Å². The van der Waals surface area contributed by atoms with Crippen LogP contribution < -0.4 is 15.4 Å². The Morgan fingerprint density at radius 2 is 2.04 bits per heavy atom. The Labute approximate surface area is 183 Å². The minimum atomic E-state index is -4.40. The zero-order valence-electron chi connectivity index (χ0n) is 15.5. The summed E-state index contributed by atoms with van der Waals surface area (Å²) in [5, 5.41) is 7.28. The van der Waals surface area contributed by atoms with Gasteiger partial charge in [-0.3, -0.25) is 0 Å². The molecule has 2 N–H and O–H groups in total. The lowest BCUT2D eigenvalue weighted by Crippen LogP contribution is -2.36. The molecule has 28 heavy (non-hydrogen) atoms. The van der Waals surface area contributed by atoms with Crippen LogP contribution in [0.4, 0.5) is 13.2 Å². The summed E-state index contributed by atoms with van der Waals surface area (Å²) in [5.41, 5.74) is 0.696. The van der Waals surface area contributed by atoms with E-state index in [0.29, 0.717) is 24.6 Å². The van der Waals surface area contributed by atoms with Crippen LogP contribution in [-0.4, -0.2) is 35.3 Å². The van der Waals surface area contributed by atoms with Crippen LogP contribution in [0.3, 0.4) is 0 Å². The predicted molar refractivity (Wildman–Crippen MR) is 114 cm³/mol. The van der Waals surface area contributed by atoms with Gasteiger partial charge in [0.1, 0.15) is 5.01 Å². The fourth-order valence-electron chi connectivity index (χ4n) is 2.05. The number of aromatic nitrogens is 2. The average molecular weight is 529 g/mol. The molecular formula is C17H23F3IN5OS. The van der Waals surface area contributed by atoms with Gasteiger partial charge in [0.25, 0.3) is 0 Å². The van der Waals surface area contributed by atoms with Gasteiger partial charge in [-0.2, -0.15) is 13.2 Å². The van der Waals surface area contributed by atoms with E-state index in [-0.39, 0.29) is 36.4 Å². The quantitative estimate of drug-likeness (QED) is 0.308. The number of aryl methyl sites for hydroxylation is 1. The van der Waals surface area contributed by atoms with Crippen LogP contribution in [0.2, 0.25) is 0 Å². The minimum Gasteiger partial charge on any atom is -0.468 e. The third-order valence-electron chi connectivity index (χ3n) is 3.30. The normalized spacial score (nSPS) is 11.7. The molecule has 0 aliphatic rings. The molecule has 2 aromatic heterocycles. The topological polar surface area (TPSA) is 71.4 Å². The van der Waals surface area contributed by atoms with E-state index in [1.54, 1.807) is 17.4 Å². The van der Waals surface area contributed by atoms with Crippen LogP contribution in [-0.2, 0) is 19.5 Å². The maximum Gasteiger partial charge on any atom is 0.422 e.